The number of imide groups is 1. The molecule has 1 aromatic carbocycles. The third-order valence-electron chi connectivity index (χ3n) is 16.4. The number of azide groups is 1. The first-order valence-corrected chi connectivity index (χ1v) is 34.0. The lowest BCUT2D eigenvalue weighted by Gasteiger charge is -2.41. The fraction of sp³-hybridized carbons (Fsp3) is 0.731. The lowest BCUT2D eigenvalue weighted by Crippen LogP contribution is -2.48. The highest BCUT2D eigenvalue weighted by Crippen LogP contribution is 2.60. The highest BCUT2D eigenvalue weighted by atomic mass is 19.2. The first-order valence-electron chi connectivity index (χ1n) is 34.0. The van der Waals surface area contributed by atoms with Gasteiger partial charge in [-0.05, 0) is 170 Å². The number of hydrogen-bond donors (Lipinski definition) is 1. The monoisotopic (exact) mass is 1350 g/mol. The molecule has 0 radical (unpaired) electrons. The number of ether oxygens (including phenoxy) is 2. The fourth-order valence-electron chi connectivity index (χ4n) is 10.1. The van der Waals surface area contributed by atoms with Gasteiger partial charge in [-0.15, -0.1) is 29.2 Å². The molecular weight excluding hydrogens is 1230 g/mol. The summed E-state index contributed by atoms with van der Waals surface area (Å²) in [6.07, 6.45) is 26.1. The minimum absolute atomic E-state index is 0.0603. The van der Waals surface area contributed by atoms with Gasteiger partial charge in [-0.3, -0.25) is 19.2 Å². The summed E-state index contributed by atoms with van der Waals surface area (Å²) in [7, 11) is 0. The SMILES string of the molecule is C#CC(C)(C)C.C=C1CC(C(C)(C)C)N1.CC(C)(C)C(=O)ON1C(=O)CCC1=O.CC(C)(C)C(=O)Oc1c(F)c(F)c(F)c(F)c1F.CC(C)(C)C1C2CCC#CCCC21.CC(C)(C)C1CC(=O)O1.CC(C)(C)C1CC/C=C/CCC1.CC(C)(C)N=[N+]=[N-].CC1=CC1C(C)(C)C. The van der Waals surface area contributed by atoms with Crippen molar-refractivity contribution < 1.29 is 60.2 Å². The molecule has 7 aliphatic rings. The smallest absolute Gasteiger partial charge is 0.338 e. The number of esters is 2. The molecule has 3 heterocycles. The lowest BCUT2D eigenvalue weighted by atomic mass is 9.75. The van der Waals surface area contributed by atoms with Crippen LogP contribution in [0.3, 0.4) is 0 Å². The zero-order chi connectivity index (χ0) is 75.3. The van der Waals surface area contributed by atoms with Crippen molar-refractivity contribution in [2.75, 3.05) is 0 Å². The number of carbonyl (C=O) groups is 5. The Kier molecular flexibility index (Phi) is 34.8. The Bertz CT molecular complexity index is 2880. The summed E-state index contributed by atoms with van der Waals surface area (Å²) in [6, 6.07) is 0.657. The number of cyclic esters (lactones) is 1. The topological polar surface area (TPSA) is 177 Å². The van der Waals surface area contributed by atoms with E-state index in [1.807, 2.05) is 41.5 Å². The van der Waals surface area contributed by atoms with Crippen LogP contribution in [0.2, 0.25) is 0 Å². The molecular formula is C78H124F5N5O8. The molecule has 1 aromatic rings. The normalized spacial score (nSPS) is 22.2. The molecule has 544 valence electrons. The molecule has 18 heteroatoms. The minimum Gasteiger partial charge on any atom is -0.461 e. The highest BCUT2D eigenvalue weighted by Gasteiger charge is 2.54. The molecule has 1 N–H and O–H groups in total. The summed E-state index contributed by atoms with van der Waals surface area (Å²) in [4.78, 5) is 62.5. The molecule has 2 amide bonds. The number of allylic oxidation sites excluding steroid dienone is 4. The van der Waals surface area contributed by atoms with Gasteiger partial charge in [0.25, 0.3) is 11.8 Å². The number of benzene rings is 1. The molecule has 8 rings (SSSR count). The van der Waals surface area contributed by atoms with E-state index < -0.39 is 69.4 Å². The summed E-state index contributed by atoms with van der Waals surface area (Å²) in [5, 5.41) is 7.29. The number of amides is 2. The number of nitrogens with zero attached hydrogens (tertiary/aromatic N) is 4. The third kappa shape index (κ3) is 34.4. The Balaban J connectivity index is 0.00000108. The quantitative estimate of drug-likeness (QED) is 0.0258. The van der Waals surface area contributed by atoms with Gasteiger partial charge in [0.1, 0.15) is 6.10 Å². The van der Waals surface area contributed by atoms with E-state index in [9.17, 15) is 45.9 Å². The van der Waals surface area contributed by atoms with E-state index in [-0.39, 0.29) is 41.3 Å². The molecule has 6 atom stereocenters. The number of rotatable bonds is 2. The second-order valence-corrected chi connectivity index (χ2v) is 35.4. The maximum Gasteiger partial charge on any atom is 0.338 e. The van der Waals surface area contributed by atoms with E-state index in [1.165, 1.54) is 71.4 Å². The number of fused-ring (bicyclic) bond motifs is 1. The summed E-state index contributed by atoms with van der Waals surface area (Å²) >= 11 is 0. The Morgan fingerprint density at radius 2 is 1.06 bits per heavy atom. The third-order valence-corrected chi connectivity index (χ3v) is 16.4. The maximum atomic E-state index is 13.2. The van der Waals surface area contributed by atoms with Crippen molar-refractivity contribution in [2.45, 2.75) is 295 Å². The second kappa shape index (κ2) is 37.2. The van der Waals surface area contributed by atoms with E-state index in [0.29, 0.717) is 39.2 Å². The van der Waals surface area contributed by atoms with E-state index in [0.717, 1.165) is 48.9 Å². The molecule has 0 spiro atoms. The van der Waals surface area contributed by atoms with Crippen LogP contribution in [-0.2, 0) is 33.5 Å². The Labute approximate surface area is 576 Å². The van der Waals surface area contributed by atoms with Crippen LogP contribution < -0.4 is 10.1 Å². The average molecular weight is 1350 g/mol. The zero-order valence-electron chi connectivity index (χ0n) is 64.2. The van der Waals surface area contributed by atoms with E-state index in [1.54, 1.807) is 26.3 Å². The molecule has 3 aliphatic heterocycles. The van der Waals surface area contributed by atoms with Crippen molar-refractivity contribution in [1.82, 2.24) is 10.4 Å². The molecule has 13 nitrogen and oxygen atoms in total. The standard InChI is InChI=1S/C13H20.C12H22.C11H9F5O2.C9H13NO4.C8H15N.C8H14.C7H12O2.C6H10.C4H9N3/c1-13(2,3)12-10-8-6-4-5-7-9-11(10)12;1-12(2,3)11-9-7-5-4-6-8-10-11;1-11(2,3)10(17)18-9-7(15)5(13)4(12)6(14)8(9)16;1-9(2,3)8(13)14-10-6(11)4-5-7(10)12;1-6-5-7(9-6)8(2,3)4;1-6-5-7(6)8(2,3)4;1-7(2,3)5-4-6(8)9-5;1-5-6(2,3)4;1-4(2,3)6-7-5/h10-12H,6-9H2,1-3H3;4-5,11H,6-10H2,1-3H3;1-3H3;4-5H2,1-3H3;7,9H,1,5H2,2-4H3;5,7H,1-4H3;5H,4H2,1-3H3;1H,2-4H3;1-3H3/b;5-4+;;;;;;;. The van der Waals surface area contributed by atoms with Crippen LogP contribution in [0.4, 0.5) is 22.0 Å². The Morgan fingerprint density at radius 1 is 0.646 bits per heavy atom. The molecule has 1 saturated carbocycles. The van der Waals surface area contributed by atoms with Gasteiger partial charge in [-0.2, -0.15) is 8.78 Å². The summed E-state index contributed by atoms with van der Waals surface area (Å²) in [6.45, 7) is 60.8. The number of carbonyl (C=O) groups excluding carboxylic acids is 5. The van der Waals surface area contributed by atoms with Gasteiger partial charge in [0.05, 0.1) is 17.3 Å². The van der Waals surface area contributed by atoms with Crippen LogP contribution in [0, 0.1) is 126 Å². The van der Waals surface area contributed by atoms with Crippen LogP contribution in [0.1, 0.15) is 277 Å². The molecule has 0 bridgehead atoms. The fourth-order valence-corrected chi connectivity index (χ4v) is 10.1. The van der Waals surface area contributed by atoms with E-state index in [4.69, 9.17) is 21.5 Å². The van der Waals surface area contributed by atoms with E-state index in [2.05, 4.69) is 173 Å². The van der Waals surface area contributed by atoms with Crippen molar-refractivity contribution in [3.8, 4) is 29.9 Å². The lowest BCUT2D eigenvalue weighted by molar-refractivity contribution is -0.203. The maximum absolute atomic E-state index is 13.2. The second-order valence-electron chi connectivity index (χ2n) is 35.4. The van der Waals surface area contributed by atoms with Crippen molar-refractivity contribution in [2.24, 2.45) is 78.0 Å². The number of halogens is 5. The largest absolute Gasteiger partial charge is 0.461 e. The Morgan fingerprint density at radius 3 is 1.33 bits per heavy atom. The highest BCUT2D eigenvalue weighted by molar-refractivity contribution is 6.01. The summed E-state index contributed by atoms with van der Waals surface area (Å²) in [5.74, 6) is -1.36. The molecule has 6 unspecified atom stereocenters. The molecule has 4 fully saturated rings. The number of terminal acetylenes is 1. The first-order chi connectivity index (χ1) is 43.2. The molecule has 3 saturated heterocycles. The molecule has 96 heavy (non-hydrogen) atoms. The molecule has 4 aliphatic carbocycles. The van der Waals surface area contributed by atoms with Crippen LogP contribution in [0.5, 0.6) is 5.75 Å². The zero-order valence-corrected chi connectivity index (χ0v) is 64.2. The van der Waals surface area contributed by atoms with Crippen LogP contribution in [-0.4, -0.2) is 52.5 Å². The van der Waals surface area contributed by atoms with Crippen molar-refractivity contribution >= 4 is 29.7 Å². The van der Waals surface area contributed by atoms with E-state index >= 15 is 0 Å². The molecule has 0 aromatic heterocycles. The van der Waals surface area contributed by atoms with Gasteiger partial charge in [0.15, 0.2) is 0 Å². The number of hydroxylamine groups is 2. The van der Waals surface area contributed by atoms with Crippen molar-refractivity contribution in [1.29, 1.82) is 0 Å². The first kappa shape index (κ1) is 89.9. The van der Waals surface area contributed by atoms with Crippen molar-refractivity contribution in [3.63, 3.8) is 0 Å². The summed E-state index contributed by atoms with van der Waals surface area (Å²) in [5.41, 5.74) is 10.6. The van der Waals surface area contributed by atoms with Crippen LogP contribution in [0.25, 0.3) is 10.4 Å². The number of hydrogen-bond acceptors (Lipinski definition) is 10. The summed E-state index contributed by atoms with van der Waals surface area (Å²) < 4.78 is 73.7. The minimum atomic E-state index is -2.31. The van der Waals surface area contributed by atoms with Gasteiger partial charge in [-0.1, -0.05) is 160 Å². The van der Waals surface area contributed by atoms with Crippen LogP contribution in [0.15, 0.2) is 41.2 Å². The van der Waals surface area contributed by atoms with Crippen LogP contribution >= 0.6 is 0 Å². The van der Waals surface area contributed by atoms with Gasteiger partial charge >= 0.3 is 17.9 Å². The van der Waals surface area contributed by atoms with Gasteiger partial charge in [-0.25, -0.2) is 18.0 Å². The predicted octanol–water partition coefficient (Wildman–Crippen LogP) is 21.2. The van der Waals surface area contributed by atoms with Gasteiger partial charge in [0.2, 0.25) is 34.8 Å². The van der Waals surface area contributed by atoms with Crippen molar-refractivity contribution in [3.05, 3.63) is 75.6 Å². The average Bonchev–Trinajstić information content (AvgIpc) is 1.59. The van der Waals surface area contributed by atoms with Gasteiger partial charge < -0.3 is 19.6 Å². The predicted molar refractivity (Wildman–Crippen MR) is 377 cm³/mol. The Hall–Kier alpha value is -6.13. The van der Waals surface area contributed by atoms with Gasteiger partial charge in [0, 0.05) is 65.6 Å². The number of nitrogens with one attached hydrogen (secondary N) is 1.